The van der Waals surface area contributed by atoms with Crippen LogP contribution in [-0.4, -0.2) is 13.1 Å². The van der Waals surface area contributed by atoms with Gasteiger partial charge in [0.1, 0.15) is 5.82 Å². The fourth-order valence-electron chi connectivity index (χ4n) is 0.881. The van der Waals surface area contributed by atoms with Gasteiger partial charge in [0, 0.05) is 10.6 Å². The van der Waals surface area contributed by atoms with Gasteiger partial charge in [0.2, 0.25) is 0 Å². The molecule has 13 heavy (non-hydrogen) atoms. The van der Waals surface area contributed by atoms with E-state index in [2.05, 4.69) is 4.74 Å². The number of hydrogen-bond donors (Lipinski definition) is 0. The van der Waals surface area contributed by atoms with Crippen molar-refractivity contribution in [3.8, 4) is 0 Å². The lowest BCUT2D eigenvalue weighted by atomic mass is 10.1. The molecule has 0 radical (unpaired) electrons. The minimum atomic E-state index is -0.596. The summed E-state index contributed by atoms with van der Waals surface area (Å²) in [5.41, 5.74) is 0.449. The first-order chi connectivity index (χ1) is 6.06. The van der Waals surface area contributed by atoms with Gasteiger partial charge >= 0.3 is 5.97 Å². The molecule has 0 N–H and O–H groups in total. The molecule has 1 rings (SSSR count). The van der Waals surface area contributed by atoms with Crippen molar-refractivity contribution >= 4 is 17.6 Å². The van der Waals surface area contributed by atoms with Gasteiger partial charge < -0.3 is 4.74 Å². The van der Waals surface area contributed by atoms with Gasteiger partial charge in [-0.15, -0.1) is 0 Å². The van der Waals surface area contributed by atoms with E-state index in [0.29, 0.717) is 5.56 Å². The molecule has 0 aliphatic carbocycles. The quantitative estimate of drug-likeness (QED) is 0.655. The van der Waals surface area contributed by atoms with Gasteiger partial charge in [0.05, 0.1) is 12.7 Å². The van der Waals surface area contributed by atoms with Crippen LogP contribution in [0.4, 0.5) is 4.39 Å². The summed E-state index contributed by atoms with van der Waals surface area (Å²) < 4.78 is 17.5. The van der Waals surface area contributed by atoms with Crippen LogP contribution in [-0.2, 0) is 4.74 Å². The second kappa shape index (κ2) is 3.75. The summed E-state index contributed by atoms with van der Waals surface area (Å²) in [6.45, 7) is 1.54. The molecule has 1 aromatic carbocycles. The molecule has 0 fully saturated rings. The fraction of sp³-hybridized carbons (Fsp3) is 0.222. The van der Waals surface area contributed by atoms with Crippen LogP contribution in [0.15, 0.2) is 12.1 Å². The molecule has 0 saturated carbocycles. The number of rotatable bonds is 1. The van der Waals surface area contributed by atoms with E-state index in [1.165, 1.54) is 13.2 Å². The van der Waals surface area contributed by atoms with Gasteiger partial charge in [-0.3, -0.25) is 0 Å². The lowest BCUT2D eigenvalue weighted by molar-refractivity contribution is 0.0600. The van der Waals surface area contributed by atoms with E-state index >= 15 is 0 Å². The molecule has 0 aliphatic rings. The summed E-state index contributed by atoms with van der Waals surface area (Å²) in [7, 11) is 1.23. The Bertz CT molecular complexity index is 326. The van der Waals surface area contributed by atoms with Crippen molar-refractivity contribution in [3.63, 3.8) is 0 Å². The molecule has 0 spiro atoms. The smallest absolute Gasteiger partial charge is 0.338 e. The van der Waals surface area contributed by atoms with Crippen LogP contribution >= 0.6 is 11.6 Å². The number of esters is 1. The Morgan fingerprint density at radius 3 is 2.62 bits per heavy atom. The molecule has 0 atom stereocenters. The van der Waals surface area contributed by atoms with Crippen LogP contribution in [0.5, 0.6) is 0 Å². The average molecular weight is 203 g/mol. The van der Waals surface area contributed by atoms with Gasteiger partial charge in [-0.1, -0.05) is 11.6 Å². The maximum Gasteiger partial charge on any atom is 0.338 e. The zero-order valence-electron chi connectivity index (χ0n) is 7.23. The maximum atomic E-state index is 13.0. The van der Waals surface area contributed by atoms with E-state index in [0.717, 1.165) is 6.07 Å². The molecule has 2 nitrogen and oxygen atoms in total. The standard InChI is InChI=1S/C9H8ClFO2/c1-5-7(10)3-6(4-8(5)11)9(12)13-2/h3-4H,1-2H3. The van der Waals surface area contributed by atoms with Crippen LogP contribution < -0.4 is 0 Å². The van der Waals surface area contributed by atoms with Crippen LogP contribution in [0, 0.1) is 12.7 Å². The number of methoxy groups -OCH3 is 1. The monoisotopic (exact) mass is 202 g/mol. The summed E-state index contributed by atoms with van der Waals surface area (Å²) in [5.74, 6) is -1.10. The SMILES string of the molecule is COC(=O)c1cc(F)c(C)c(Cl)c1. The first kappa shape index (κ1) is 9.99. The van der Waals surface area contributed by atoms with Crippen molar-refractivity contribution in [2.24, 2.45) is 0 Å². The molecular weight excluding hydrogens is 195 g/mol. The van der Waals surface area contributed by atoms with Gasteiger partial charge in [0.25, 0.3) is 0 Å². The van der Waals surface area contributed by atoms with E-state index in [-0.39, 0.29) is 10.6 Å². The lowest BCUT2D eigenvalue weighted by Crippen LogP contribution is -2.02. The zero-order chi connectivity index (χ0) is 10.0. The molecule has 0 aliphatic heterocycles. The summed E-state index contributed by atoms with van der Waals surface area (Å²) in [5, 5.41) is 0.223. The third-order valence-corrected chi connectivity index (χ3v) is 2.09. The molecule has 4 heteroatoms. The normalized spacial score (nSPS) is 9.85. The number of carbonyl (C=O) groups is 1. The van der Waals surface area contributed by atoms with Crippen molar-refractivity contribution in [2.45, 2.75) is 6.92 Å². The minimum Gasteiger partial charge on any atom is -0.465 e. The lowest BCUT2D eigenvalue weighted by Gasteiger charge is -2.03. The number of carbonyl (C=O) groups excluding carboxylic acids is 1. The van der Waals surface area contributed by atoms with Crippen LogP contribution in [0.1, 0.15) is 15.9 Å². The number of halogens is 2. The fourth-order valence-corrected chi connectivity index (χ4v) is 1.09. The van der Waals surface area contributed by atoms with Gasteiger partial charge in [-0.2, -0.15) is 0 Å². The molecule has 0 amide bonds. The summed E-state index contributed by atoms with van der Waals surface area (Å²) >= 11 is 5.67. The molecule has 0 unspecified atom stereocenters. The van der Waals surface area contributed by atoms with Crippen LogP contribution in [0.3, 0.4) is 0 Å². The van der Waals surface area contributed by atoms with Crippen LogP contribution in [0.2, 0.25) is 5.02 Å². The average Bonchev–Trinajstić information content (AvgIpc) is 2.12. The first-order valence-electron chi connectivity index (χ1n) is 3.60. The summed E-state index contributed by atoms with van der Waals surface area (Å²) in [4.78, 5) is 11.0. The van der Waals surface area contributed by atoms with E-state index in [1.54, 1.807) is 6.92 Å². The molecule has 70 valence electrons. The molecular formula is C9H8ClFO2. The van der Waals surface area contributed by atoms with Crippen LogP contribution in [0.25, 0.3) is 0 Å². The van der Waals surface area contributed by atoms with Crippen molar-refractivity contribution in [1.29, 1.82) is 0 Å². The Labute approximate surface area is 80.3 Å². The third kappa shape index (κ3) is 1.98. The van der Waals surface area contributed by atoms with E-state index in [4.69, 9.17) is 11.6 Å². The van der Waals surface area contributed by atoms with Crippen molar-refractivity contribution in [2.75, 3.05) is 7.11 Å². The first-order valence-corrected chi connectivity index (χ1v) is 3.98. The Balaban J connectivity index is 3.20. The zero-order valence-corrected chi connectivity index (χ0v) is 7.98. The molecule has 0 saturated heterocycles. The van der Waals surface area contributed by atoms with Gasteiger partial charge in [-0.05, 0) is 19.1 Å². The van der Waals surface area contributed by atoms with Gasteiger partial charge in [-0.25, -0.2) is 9.18 Å². The van der Waals surface area contributed by atoms with E-state index in [9.17, 15) is 9.18 Å². The highest BCUT2D eigenvalue weighted by Gasteiger charge is 2.11. The van der Waals surface area contributed by atoms with Gasteiger partial charge in [0.15, 0.2) is 0 Å². The summed E-state index contributed by atoms with van der Waals surface area (Å²) in [6, 6.07) is 2.48. The number of benzene rings is 1. The number of hydrogen-bond acceptors (Lipinski definition) is 2. The van der Waals surface area contributed by atoms with E-state index < -0.39 is 11.8 Å². The van der Waals surface area contributed by atoms with Crippen molar-refractivity contribution in [1.82, 2.24) is 0 Å². The highest BCUT2D eigenvalue weighted by Crippen LogP contribution is 2.20. The predicted octanol–water partition coefficient (Wildman–Crippen LogP) is 2.57. The Kier molecular flexibility index (Phi) is 2.88. The molecule has 0 heterocycles. The second-order valence-corrected chi connectivity index (χ2v) is 2.96. The number of ether oxygens (including phenoxy) is 1. The Morgan fingerprint density at radius 1 is 1.54 bits per heavy atom. The molecule has 1 aromatic rings. The summed E-state index contributed by atoms with van der Waals surface area (Å²) in [6.07, 6.45) is 0. The Morgan fingerprint density at radius 2 is 2.15 bits per heavy atom. The largest absolute Gasteiger partial charge is 0.465 e. The van der Waals surface area contributed by atoms with Crippen molar-refractivity contribution < 1.29 is 13.9 Å². The second-order valence-electron chi connectivity index (χ2n) is 2.56. The highest BCUT2D eigenvalue weighted by molar-refractivity contribution is 6.31. The minimum absolute atomic E-state index is 0.121. The van der Waals surface area contributed by atoms with Crippen molar-refractivity contribution in [3.05, 3.63) is 34.1 Å². The topological polar surface area (TPSA) is 26.3 Å². The molecule has 0 aromatic heterocycles. The molecule has 0 bridgehead atoms. The maximum absolute atomic E-state index is 13.0. The third-order valence-electron chi connectivity index (χ3n) is 1.70. The predicted molar refractivity (Wildman–Crippen MR) is 47.5 cm³/mol. The van der Waals surface area contributed by atoms with E-state index in [1.807, 2.05) is 0 Å². The highest BCUT2D eigenvalue weighted by atomic mass is 35.5. The Hall–Kier alpha value is -1.09.